The summed E-state index contributed by atoms with van der Waals surface area (Å²) in [5.74, 6) is -2.06. The summed E-state index contributed by atoms with van der Waals surface area (Å²) in [5.41, 5.74) is -1.78. The van der Waals surface area contributed by atoms with Crippen molar-refractivity contribution in [2.24, 2.45) is 34.5 Å². The van der Waals surface area contributed by atoms with Gasteiger partial charge < -0.3 is 19.3 Å². The highest BCUT2D eigenvalue weighted by Crippen LogP contribution is 2.42. The van der Waals surface area contributed by atoms with Crippen LogP contribution < -0.4 is 0 Å². The van der Waals surface area contributed by atoms with E-state index in [2.05, 4.69) is 33.2 Å². The molecule has 0 radical (unpaired) electrons. The lowest BCUT2D eigenvalue weighted by Crippen LogP contribution is -2.28. The first-order valence-corrected chi connectivity index (χ1v) is 23.3. The maximum absolute atomic E-state index is 12.6. The first kappa shape index (κ1) is 56.7. The van der Waals surface area contributed by atoms with Crippen molar-refractivity contribution in [1.82, 2.24) is 0 Å². The lowest BCUT2D eigenvalue weighted by molar-refractivity contribution is -0.432. The molecule has 0 saturated heterocycles. The lowest BCUT2D eigenvalue weighted by Gasteiger charge is -2.27. The zero-order valence-corrected chi connectivity index (χ0v) is 37.6. The van der Waals surface area contributed by atoms with Gasteiger partial charge >= 0.3 is 19.5 Å². The number of unbranched alkanes of at least 4 members (excludes halogenated alkanes) is 9. The Morgan fingerprint density at radius 2 is 1.18 bits per heavy atom. The maximum Gasteiger partial charge on any atom is 0.325 e. The van der Waals surface area contributed by atoms with Gasteiger partial charge in [-0.2, -0.15) is 10.5 Å². The Kier molecular flexibility index (Phi) is 32.3. The van der Waals surface area contributed by atoms with Crippen LogP contribution in [0.4, 0.5) is 0 Å². The van der Waals surface area contributed by atoms with Crippen molar-refractivity contribution >= 4 is 43.1 Å². The molecule has 0 rings (SSSR count). The van der Waals surface area contributed by atoms with E-state index in [1.165, 1.54) is 58.5 Å². The fourth-order valence-corrected chi connectivity index (χ4v) is 8.03. The zero-order chi connectivity index (χ0) is 43.9. The van der Waals surface area contributed by atoms with Crippen LogP contribution in [0.25, 0.3) is 0 Å². The van der Waals surface area contributed by atoms with Gasteiger partial charge in [0.2, 0.25) is 0 Å². The molecule has 0 amide bonds. The van der Waals surface area contributed by atoms with Gasteiger partial charge in [-0.3, -0.25) is 23.7 Å². The molecular formula is C41H73N2O12PS. The predicted molar refractivity (Wildman–Crippen MR) is 220 cm³/mol. The molecule has 14 nitrogen and oxygen atoms in total. The Bertz CT molecular complexity index is 1290. The van der Waals surface area contributed by atoms with Gasteiger partial charge in [0.1, 0.15) is 11.6 Å². The molecule has 0 bridgehead atoms. The van der Waals surface area contributed by atoms with E-state index in [4.69, 9.17) is 19.8 Å². The van der Waals surface area contributed by atoms with E-state index < -0.39 is 48.3 Å². The van der Waals surface area contributed by atoms with Gasteiger partial charge in [-0.05, 0) is 58.8 Å². The molecule has 0 aromatic rings. The minimum Gasteiger partial charge on any atom is -0.469 e. The first-order valence-electron chi connectivity index (χ1n) is 20.6. The number of rotatable bonds is 33. The van der Waals surface area contributed by atoms with Crippen LogP contribution in [0.3, 0.4) is 0 Å². The normalized spacial score (nSPS) is 15.5. The van der Waals surface area contributed by atoms with Crippen molar-refractivity contribution in [3.05, 3.63) is 0 Å². The smallest absolute Gasteiger partial charge is 0.325 e. The van der Waals surface area contributed by atoms with Crippen LogP contribution >= 0.6 is 19.6 Å². The van der Waals surface area contributed by atoms with E-state index in [1.807, 2.05) is 0 Å². The molecule has 6 unspecified atom stereocenters. The summed E-state index contributed by atoms with van der Waals surface area (Å²) in [6.45, 7) is 13.0. The highest BCUT2D eigenvalue weighted by molar-refractivity contribution is 7.94. The van der Waals surface area contributed by atoms with E-state index in [0.717, 1.165) is 24.9 Å². The Labute approximate surface area is 346 Å². The second-order valence-corrected chi connectivity index (χ2v) is 18.3. The fourth-order valence-electron chi connectivity index (χ4n) is 6.60. The highest BCUT2D eigenvalue weighted by Gasteiger charge is 2.35. The highest BCUT2D eigenvalue weighted by atomic mass is 32.2. The molecule has 330 valence electrons. The minimum absolute atomic E-state index is 0.00607. The van der Waals surface area contributed by atoms with Crippen LogP contribution in [0.15, 0.2) is 0 Å². The van der Waals surface area contributed by atoms with Crippen molar-refractivity contribution in [1.29, 1.82) is 10.5 Å². The third kappa shape index (κ3) is 28.7. The molecule has 0 spiro atoms. The van der Waals surface area contributed by atoms with Crippen LogP contribution in [0.1, 0.15) is 164 Å². The number of carbonyl (C=O) groups excluding carboxylic acids is 4. The second-order valence-electron chi connectivity index (χ2n) is 15.8. The number of Topliss-reactive ketones (excluding diaryl/α,β-unsaturated/α-hetero) is 2. The number of ether oxygens (including phenoxy) is 2. The molecule has 16 heteroatoms. The number of nitriles is 2. The summed E-state index contributed by atoms with van der Waals surface area (Å²) in [6.07, 6.45) is 14.1. The molecular weight excluding hydrogens is 775 g/mol. The average Bonchev–Trinajstić information content (AvgIpc) is 3.19. The minimum atomic E-state index is -4.21. The summed E-state index contributed by atoms with van der Waals surface area (Å²) < 4.78 is 25.5. The van der Waals surface area contributed by atoms with Crippen molar-refractivity contribution in [3.63, 3.8) is 0 Å². The van der Waals surface area contributed by atoms with E-state index in [-0.39, 0.29) is 49.1 Å². The van der Waals surface area contributed by atoms with E-state index in [1.54, 1.807) is 41.5 Å². The molecule has 0 aliphatic rings. The van der Waals surface area contributed by atoms with Crippen LogP contribution in [-0.2, 0) is 42.6 Å². The molecule has 0 aliphatic heterocycles. The fraction of sp³-hybridized carbons (Fsp3) is 0.854. The Morgan fingerprint density at radius 1 is 0.737 bits per heavy atom. The van der Waals surface area contributed by atoms with Gasteiger partial charge in [0, 0.05) is 42.5 Å². The average molecular weight is 849 g/mol. The number of nitrogens with zero attached hydrogens (tertiary/aromatic N) is 2. The second kappa shape index (κ2) is 32.5. The molecule has 0 fully saturated rings. The van der Waals surface area contributed by atoms with E-state index in [9.17, 15) is 34.3 Å². The van der Waals surface area contributed by atoms with E-state index >= 15 is 0 Å². The summed E-state index contributed by atoms with van der Waals surface area (Å²) in [7, 11) is -2.93. The zero-order valence-electron chi connectivity index (χ0n) is 35.9. The van der Waals surface area contributed by atoms with Crippen LogP contribution in [0.2, 0.25) is 0 Å². The molecule has 0 aromatic heterocycles. The number of methoxy groups -OCH3 is 1. The maximum atomic E-state index is 12.6. The van der Waals surface area contributed by atoms with Crippen molar-refractivity contribution in [3.8, 4) is 12.1 Å². The molecule has 0 aromatic carbocycles. The standard InChI is InChI=1S/C26H47NO6S.C15H26NO6P/c1-5-7-8-9-10-11-12-13-14-15-17-31-25(29)22(3)19-23(24(28)6-2)20-26(4,21-27)16-18-34-33-32-30;1-5-13(17)12(8-11(2)14(18)22-4)9-15(3,10-16)6-7-23(19,20)21/h22-23,30H,5-20H2,1-4H3;11-12H,5-9H2,1-4H3,(H2,19,20,21). The topological polar surface area (TPSA) is 231 Å². The van der Waals surface area contributed by atoms with Crippen molar-refractivity contribution in [2.75, 3.05) is 25.6 Å². The number of hydrogen-bond acceptors (Lipinski definition) is 13. The van der Waals surface area contributed by atoms with Gasteiger partial charge in [-0.1, -0.05) is 97.4 Å². The molecule has 0 heterocycles. The first-order chi connectivity index (χ1) is 26.8. The van der Waals surface area contributed by atoms with Crippen LogP contribution in [0, 0.1) is 57.2 Å². The van der Waals surface area contributed by atoms with Crippen LogP contribution in [-0.4, -0.2) is 64.2 Å². The van der Waals surface area contributed by atoms with Gasteiger partial charge in [0.25, 0.3) is 0 Å². The number of ketones is 2. The van der Waals surface area contributed by atoms with Crippen molar-refractivity contribution < 1.29 is 57.6 Å². The SMILES string of the molecule is CCC(=O)C(CC(C)C(=O)OC)CC(C)(C#N)CCP(=O)(O)O.CCCCCCCCCCCCOC(=O)C(C)CC(CC(C)(C#N)CCSOOO)C(=O)CC. The third-order valence-electron chi connectivity index (χ3n) is 10.3. The Balaban J connectivity index is 0. The summed E-state index contributed by atoms with van der Waals surface area (Å²) in [5, 5.41) is 30.8. The number of hydrogen-bond donors (Lipinski definition) is 3. The molecule has 0 saturated carbocycles. The summed E-state index contributed by atoms with van der Waals surface area (Å²) >= 11 is 0.894. The molecule has 57 heavy (non-hydrogen) atoms. The third-order valence-corrected chi connectivity index (χ3v) is 11.7. The Hall–Kier alpha value is -2.36. The summed E-state index contributed by atoms with van der Waals surface area (Å²) in [4.78, 5) is 66.7. The molecule has 3 N–H and O–H groups in total. The quantitative estimate of drug-likeness (QED) is 0.0139. The number of carbonyl (C=O) groups is 4. The predicted octanol–water partition coefficient (Wildman–Crippen LogP) is 9.72. The van der Waals surface area contributed by atoms with Gasteiger partial charge in [0.15, 0.2) is 0 Å². The molecule has 0 aliphatic carbocycles. The monoisotopic (exact) mass is 848 g/mol. The van der Waals surface area contributed by atoms with Gasteiger partial charge in [-0.25, -0.2) is 5.26 Å². The Morgan fingerprint density at radius 3 is 1.58 bits per heavy atom. The van der Waals surface area contributed by atoms with Crippen LogP contribution in [0.5, 0.6) is 0 Å². The lowest BCUT2D eigenvalue weighted by atomic mass is 9.75. The van der Waals surface area contributed by atoms with Gasteiger partial charge in [-0.15, -0.1) is 4.33 Å². The van der Waals surface area contributed by atoms with Gasteiger partial charge in [0.05, 0.1) is 54.7 Å². The van der Waals surface area contributed by atoms with Crippen molar-refractivity contribution in [2.45, 2.75) is 164 Å². The molecule has 6 atom stereocenters. The largest absolute Gasteiger partial charge is 0.469 e. The number of esters is 2. The van der Waals surface area contributed by atoms with E-state index in [0.29, 0.717) is 38.0 Å². The summed E-state index contributed by atoms with van der Waals surface area (Å²) in [6, 6.07) is 4.37.